The van der Waals surface area contributed by atoms with E-state index in [1.165, 1.54) is 16.0 Å². The molecule has 0 aliphatic carbocycles. The van der Waals surface area contributed by atoms with Crippen LogP contribution < -0.4 is 15.2 Å². The van der Waals surface area contributed by atoms with E-state index in [1.807, 2.05) is 18.2 Å². The smallest absolute Gasteiger partial charge is 0.231 e. The standard InChI is InChI=1S/C17H19NO2S/c1-11-3-4-12(2)17(7-11)21-9-14(18)13-5-6-15-16(8-13)20-10-19-15/h3-8,14H,9-10,18H2,1-2H3. The van der Waals surface area contributed by atoms with E-state index in [2.05, 4.69) is 32.0 Å². The molecule has 1 aliphatic rings. The number of nitrogens with two attached hydrogens (primary N) is 1. The second-order valence-electron chi connectivity index (χ2n) is 5.30. The Balaban J connectivity index is 1.69. The first-order valence-electron chi connectivity index (χ1n) is 6.98. The molecule has 4 heteroatoms. The third-order valence-electron chi connectivity index (χ3n) is 3.59. The van der Waals surface area contributed by atoms with Crippen molar-refractivity contribution < 1.29 is 9.47 Å². The van der Waals surface area contributed by atoms with Crippen LogP contribution in [-0.2, 0) is 0 Å². The SMILES string of the molecule is Cc1ccc(C)c(SCC(N)c2ccc3c(c2)OCO3)c1. The summed E-state index contributed by atoms with van der Waals surface area (Å²) in [5.74, 6) is 2.43. The van der Waals surface area contributed by atoms with Gasteiger partial charge >= 0.3 is 0 Å². The second-order valence-corrected chi connectivity index (χ2v) is 6.36. The van der Waals surface area contributed by atoms with Crippen molar-refractivity contribution in [3.63, 3.8) is 0 Å². The minimum absolute atomic E-state index is 0.0237. The fourth-order valence-corrected chi connectivity index (χ4v) is 3.40. The van der Waals surface area contributed by atoms with Gasteiger partial charge in [-0.1, -0.05) is 23.8 Å². The first-order valence-corrected chi connectivity index (χ1v) is 7.97. The molecule has 1 heterocycles. The minimum atomic E-state index is -0.0237. The Bertz CT molecular complexity index is 657. The lowest BCUT2D eigenvalue weighted by molar-refractivity contribution is 0.174. The highest BCUT2D eigenvalue weighted by molar-refractivity contribution is 7.99. The molecule has 0 saturated carbocycles. The molecular formula is C17H19NO2S. The van der Waals surface area contributed by atoms with Crippen molar-refractivity contribution in [2.75, 3.05) is 12.5 Å². The topological polar surface area (TPSA) is 44.5 Å². The van der Waals surface area contributed by atoms with Crippen LogP contribution in [0, 0.1) is 13.8 Å². The predicted molar refractivity (Wildman–Crippen MR) is 86.1 cm³/mol. The van der Waals surface area contributed by atoms with Crippen molar-refractivity contribution in [3.8, 4) is 11.5 Å². The van der Waals surface area contributed by atoms with E-state index in [0.29, 0.717) is 6.79 Å². The normalized spacial score (nSPS) is 14.2. The van der Waals surface area contributed by atoms with Crippen LogP contribution in [0.5, 0.6) is 11.5 Å². The summed E-state index contributed by atoms with van der Waals surface area (Å²) in [6, 6.07) is 12.4. The lowest BCUT2D eigenvalue weighted by Gasteiger charge is -2.13. The van der Waals surface area contributed by atoms with Crippen molar-refractivity contribution in [2.24, 2.45) is 5.73 Å². The van der Waals surface area contributed by atoms with Crippen molar-refractivity contribution in [3.05, 3.63) is 53.1 Å². The zero-order valence-corrected chi connectivity index (χ0v) is 13.1. The lowest BCUT2D eigenvalue weighted by atomic mass is 10.1. The average Bonchev–Trinajstić information content (AvgIpc) is 2.95. The molecule has 3 rings (SSSR count). The average molecular weight is 301 g/mol. The molecule has 3 nitrogen and oxygen atoms in total. The van der Waals surface area contributed by atoms with Crippen LogP contribution in [0.25, 0.3) is 0 Å². The number of rotatable bonds is 4. The molecule has 1 unspecified atom stereocenters. The number of aryl methyl sites for hydroxylation is 2. The summed E-state index contributed by atoms with van der Waals surface area (Å²) in [6.07, 6.45) is 0. The van der Waals surface area contributed by atoms with Crippen molar-refractivity contribution >= 4 is 11.8 Å². The second kappa shape index (κ2) is 6.00. The van der Waals surface area contributed by atoms with E-state index in [-0.39, 0.29) is 6.04 Å². The monoisotopic (exact) mass is 301 g/mol. The molecule has 0 saturated heterocycles. The van der Waals surface area contributed by atoms with E-state index in [0.717, 1.165) is 22.8 Å². The summed E-state index contributed by atoms with van der Waals surface area (Å²) in [5.41, 5.74) is 9.96. The molecule has 2 aromatic rings. The first kappa shape index (κ1) is 14.3. The molecule has 0 radical (unpaired) electrons. The van der Waals surface area contributed by atoms with Gasteiger partial charge in [0.2, 0.25) is 6.79 Å². The van der Waals surface area contributed by atoms with Gasteiger partial charge in [0.05, 0.1) is 0 Å². The predicted octanol–water partition coefficient (Wildman–Crippen LogP) is 3.82. The maximum atomic E-state index is 6.31. The van der Waals surface area contributed by atoms with Gasteiger partial charge in [-0.15, -0.1) is 11.8 Å². The van der Waals surface area contributed by atoms with Crippen molar-refractivity contribution in [1.29, 1.82) is 0 Å². The van der Waals surface area contributed by atoms with E-state index < -0.39 is 0 Å². The Morgan fingerprint density at radius 3 is 2.76 bits per heavy atom. The van der Waals surface area contributed by atoms with Gasteiger partial charge < -0.3 is 15.2 Å². The van der Waals surface area contributed by atoms with E-state index in [9.17, 15) is 0 Å². The van der Waals surface area contributed by atoms with Crippen LogP contribution in [0.2, 0.25) is 0 Å². The molecule has 1 atom stereocenters. The van der Waals surface area contributed by atoms with Gasteiger partial charge in [-0.3, -0.25) is 0 Å². The summed E-state index contributed by atoms with van der Waals surface area (Å²) in [7, 11) is 0. The zero-order valence-electron chi connectivity index (χ0n) is 12.3. The first-order chi connectivity index (χ1) is 10.1. The Morgan fingerprint density at radius 2 is 1.90 bits per heavy atom. The molecular weight excluding hydrogens is 282 g/mol. The number of benzene rings is 2. The van der Waals surface area contributed by atoms with Crippen molar-refractivity contribution in [1.82, 2.24) is 0 Å². The molecule has 0 bridgehead atoms. The fourth-order valence-electron chi connectivity index (χ4n) is 2.28. The highest BCUT2D eigenvalue weighted by Gasteiger charge is 2.16. The lowest BCUT2D eigenvalue weighted by Crippen LogP contribution is -2.13. The fraction of sp³-hybridized carbons (Fsp3) is 0.294. The van der Waals surface area contributed by atoms with E-state index >= 15 is 0 Å². The van der Waals surface area contributed by atoms with Crippen LogP contribution >= 0.6 is 11.8 Å². The molecule has 0 amide bonds. The summed E-state index contributed by atoms with van der Waals surface area (Å²) >= 11 is 1.80. The Hall–Kier alpha value is -1.65. The number of fused-ring (bicyclic) bond motifs is 1. The molecule has 21 heavy (non-hydrogen) atoms. The third-order valence-corrected chi connectivity index (χ3v) is 4.86. The van der Waals surface area contributed by atoms with E-state index in [4.69, 9.17) is 15.2 Å². The number of ether oxygens (including phenoxy) is 2. The Morgan fingerprint density at radius 1 is 1.10 bits per heavy atom. The minimum Gasteiger partial charge on any atom is -0.454 e. The van der Waals surface area contributed by atoms with Gasteiger partial charge in [0.1, 0.15) is 0 Å². The van der Waals surface area contributed by atoms with Crippen LogP contribution in [0.3, 0.4) is 0 Å². The molecule has 1 aliphatic heterocycles. The summed E-state index contributed by atoms with van der Waals surface area (Å²) in [6.45, 7) is 4.54. The van der Waals surface area contributed by atoms with Crippen LogP contribution in [0.15, 0.2) is 41.3 Å². The van der Waals surface area contributed by atoms with Crippen LogP contribution in [0.4, 0.5) is 0 Å². The third kappa shape index (κ3) is 3.17. The van der Waals surface area contributed by atoms with Crippen molar-refractivity contribution in [2.45, 2.75) is 24.8 Å². The molecule has 2 aromatic carbocycles. The Kier molecular flexibility index (Phi) is 4.08. The van der Waals surface area contributed by atoms with Gasteiger partial charge in [0.15, 0.2) is 11.5 Å². The number of hydrogen-bond acceptors (Lipinski definition) is 4. The number of thioether (sulfide) groups is 1. The maximum absolute atomic E-state index is 6.31. The zero-order chi connectivity index (χ0) is 14.8. The van der Waals surface area contributed by atoms with Gasteiger partial charge in [-0.25, -0.2) is 0 Å². The van der Waals surface area contributed by atoms with Gasteiger partial charge in [-0.05, 0) is 43.2 Å². The van der Waals surface area contributed by atoms with E-state index in [1.54, 1.807) is 11.8 Å². The Labute approximate surface area is 129 Å². The molecule has 0 spiro atoms. The summed E-state index contributed by atoms with van der Waals surface area (Å²) in [4.78, 5) is 1.30. The van der Waals surface area contributed by atoms with Gasteiger partial charge in [0.25, 0.3) is 0 Å². The molecule has 0 fully saturated rings. The molecule has 0 aromatic heterocycles. The van der Waals surface area contributed by atoms with Gasteiger partial charge in [-0.2, -0.15) is 0 Å². The summed E-state index contributed by atoms with van der Waals surface area (Å²) < 4.78 is 10.7. The summed E-state index contributed by atoms with van der Waals surface area (Å²) in [5, 5.41) is 0. The van der Waals surface area contributed by atoms with Crippen LogP contribution in [-0.4, -0.2) is 12.5 Å². The highest BCUT2D eigenvalue weighted by Crippen LogP contribution is 2.35. The maximum Gasteiger partial charge on any atom is 0.231 e. The van der Waals surface area contributed by atoms with Gasteiger partial charge in [0, 0.05) is 16.7 Å². The molecule has 2 N–H and O–H groups in total. The highest BCUT2D eigenvalue weighted by atomic mass is 32.2. The van der Waals surface area contributed by atoms with Crippen LogP contribution in [0.1, 0.15) is 22.7 Å². The number of hydrogen-bond donors (Lipinski definition) is 1. The molecule has 110 valence electrons. The quantitative estimate of drug-likeness (QED) is 0.872. The largest absolute Gasteiger partial charge is 0.454 e.